The molecule has 1 aliphatic rings. The van der Waals surface area contributed by atoms with E-state index >= 15 is 0 Å². The van der Waals surface area contributed by atoms with Crippen molar-refractivity contribution in [1.82, 2.24) is 4.90 Å². The van der Waals surface area contributed by atoms with E-state index in [2.05, 4.69) is 20.8 Å². The van der Waals surface area contributed by atoms with E-state index in [-0.39, 0.29) is 12.4 Å². The lowest BCUT2D eigenvalue weighted by Crippen LogP contribution is -2.36. The number of aliphatic hydroxyl groups excluding tert-OH is 1. The van der Waals surface area contributed by atoms with E-state index < -0.39 is 0 Å². The molecule has 0 aliphatic carbocycles. The zero-order valence-electron chi connectivity index (χ0n) is 11.1. The van der Waals surface area contributed by atoms with Crippen molar-refractivity contribution in [3.8, 4) is 11.5 Å². The SMILES string of the molecule is COc1cc(CN2CCC[C@H](CO)C2)cc(Br)c1O. The molecule has 0 unspecified atom stereocenters. The molecular formula is C14H20BrNO3. The second-order valence-electron chi connectivity index (χ2n) is 5.05. The first-order valence-electron chi connectivity index (χ1n) is 6.52. The summed E-state index contributed by atoms with van der Waals surface area (Å²) in [5.74, 6) is 1.01. The monoisotopic (exact) mass is 329 g/mol. The van der Waals surface area contributed by atoms with Crippen molar-refractivity contribution in [2.75, 3.05) is 26.8 Å². The summed E-state index contributed by atoms with van der Waals surface area (Å²) in [5, 5.41) is 19.0. The summed E-state index contributed by atoms with van der Waals surface area (Å²) in [6.45, 7) is 3.06. The van der Waals surface area contributed by atoms with Gasteiger partial charge in [-0.15, -0.1) is 0 Å². The molecule has 0 saturated carbocycles. The molecule has 1 heterocycles. The number of methoxy groups -OCH3 is 1. The Balaban J connectivity index is 2.08. The number of nitrogens with zero attached hydrogens (tertiary/aromatic N) is 1. The Morgan fingerprint density at radius 3 is 2.95 bits per heavy atom. The predicted molar refractivity (Wildman–Crippen MR) is 77.4 cm³/mol. The highest BCUT2D eigenvalue weighted by Gasteiger charge is 2.20. The number of aliphatic hydroxyl groups is 1. The van der Waals surface area contributed by atoms with Crippen LogP contribution in [-0.2, 0) is 6.54 Å². The lowest BCUT2D eigenvalue weighted by atomic mass is 9.98. The first-order chi connectivity index (χ1) is 9.13. The van der Waals surface area contributed by atoms with Crippen LogP contribution in [0.4, 0.5) is 0 Å². The molecule has 2 N–H and O–H groups in total. The van der Waals surface area contributed by atoms with Crippen LogP contribution in [0, 0.1) is 5.92 Å². The van der Waals surface area contributed by atoms with Gasteiger partial charge in [0.2, 0.25) is 0 Å². The molecule has 0 spiro atoms. The first kappa shape index (κ1) is 14.6. The number of ether oxygens (including phenoxy) is 1. The number of piperidine rings is 1. The van der Waals surface area contributed by atoms with Crippen molar-refractivity contribution in [1.29, 1.82) is 0 Å². The Hall–Kier alpha value is -0.780. The maximum Gasteiger partial charge on any atom is 0.172 e. The van der Waals surface area contributed by atoms with E-state index in [1.807, 2.05) is 12.1 Å². The van der Waals surface area contributed by atoms with Crippen LogP contribution < -0.4 is 4.74 Å². The van der Waals surface area contributed by atoms with Gasteiger partial charge in [0.05, 0.1) is 11.6 Å². The number of rotatable bonds is 4. The third-order valence-corrected chi connectivity index (χ3v) is 4.18. The molecule has 1 atom stereocenters. The number of phenols is 1. The molecule has 4 nitrogen and oxygen atoms in total. The largest absolute Gasteiger partial charge is 0.503 e. The van der Waals surface area contributed by atoms with E-state index in [1.165, 1.54) is 0 Å². The predicted octanol–water partition coefficient (Wildman–Crippen LogP) is 2.37. The molecular weight excluding hydrogens is 310 g/mol. The molecule has 2 rings (SSSR count). The van der Waals surface area contributed by atoms with E-state index in [1.54, 1.807) is 7.11 Å². The third kappa shape index (κ3) is 3.61. The van der Waals surface area contributed by atoms with Crippen molar-refractivity contribution in [3.63, 3.8) is 0 Å². The van der Waals surface area contributed by atoms with Gasteiger partial charge in [0.25, 0.3) is 0 Å². The molecule has 106 valence electrons. The minimum atomic E-state index is 0.137. The minimum absolute atomic E-state index is 0.137. The maximum atomic E-state index is 9.79. The van der Waals surface area contributed by atoms with Gasteiger partial charge >= 0.3 is 0 Å². The molecule has 1 aromatic carbocycles. The summed E-state index contributed by atoms with van der Waals surface area (Å²) in [7, 11) is 1.55. The topological polar surface area (TPSA) is 52.9 Å². The summed E-state index contributed by atoms with van der Waals surface area (Å²) < 4.78 is 5.81. The second kappa shape index (κ2) is 6.59. The molecule has 5 heteroatoms. The average molecular weight is 330 g/mol. The normalized spacial score (nSPS) is 20.5. The van der Waals surface area contributed by atoms with E-state index in [0.717, 1.165) is 38.0 Å². The van der Waals surface area contributed by atoms with E-state index in [4.69, 9.17) is 4.74 Å². The molecule has 0 amide bonds. The number of hydrogen-bond acceptors (Lipinski definition) is 4. The molecule has 1 aromatic rings. The van der Waals surface area contributed by atoms with Crippen LogP contribution in [0.5, 0.6) is 11.5 Å². The van der Waals surface area contributed by atoms with Crippen molar-refractivity contribution in [2.24, 2.45) is 5.92 Å². The summed E-state index contributed by atoms with van der Waals surface area (Å²) in [6.07, 6.45) is 2.23. The maximum absolute atomic E-state index is 9.79. The fraction of sp³-hybridized carbons (Fsp3) is 0.571. The van der Waals surface area contributed by atoms with Gasteiger partial charge in [-0.05, 0) is 58.9 Å². The Labute approximate surface area is 122 Å². The van der Waals surface area contributed by atoms with Gasteiger partial charge in [-0.3, -0.25) is 4.90 Å². The minimum Gasteiger partial charge on any atom is -0.503 e. The zero-order valence-corrected chi connectivity index (χ0v) is 12.7. The highest BCUT2D eigenvalue weighted by Crippen LogP contribution is 2.35. The van der Waals surface area contributed by atoms with Crippen LogP contribution in [0.15, 0.2) is 16.6 Å². The van der Waals surface area contributed by atoms with Crippen LogP contribution in [0.3, 0.4) is 0 Å². The van der Waals surface area contributed by atoms with Crippen molar-refractivity contribution in [3.05, 3.63) is 22.2 Å². The first-order valence-corrected chi connectivity index (χ1v) is 7.32. The molecule has 19 heavy (non-hydrogen) atoms. The lowest BCUT2D eigenvalue weighted by Gasteiger charge is -2.31. The smallest absolute Gasteiger partial charge is 0.172 e. The molecule has 0 aromatic heterocycles. The molecule has 1 aliphatic heterocycles. The number of benzene rings is 1. The summed E-state index contributed by atoms with van der Waals surface area (Å²) >= 11 is 3.34. The fourth-order valence-electron chi connectivity index (χ4n) is 2.58. The summed E-state index contributed by atoms with van der Waals surface area (Å²) in [5.41, 5.74) is 1.10. The van der Waals surface area contributed by atoms with Gasteiger partial charge in [0.1, 0.15) is 0 Å². The summed E-state index contributed by atoms with van der Waals surface area (Å²) in [4.78, 5) is 2.34. The Morgan fingerprint density at radius 2 is 2.26 bits per heavy atom. The van der Waals surface area contributed by atoms with Gasteiger partial charge in [0, 0.05) is 19.7 Å². The van der Waals surface area contributed by atoms with Crippen LogP contribution >= 0.6 is 15.9 Å². The van der Waals surface area contributed by atoms with Crippen molar-refractivity contribution < 1.29 is 14.9 Å². The highest BCUT2D eigenvalue weighted by molar-refractivity contribution is 9.10. The zero-order chi connectivity index (χ0) is 13.8. The van der Waals surface area contributed by atoms with Gasteiger partial charge in [-0.2, -0.15) is 0 Å². The van der Waals surface area contributed by atoms with Crippen LogP contribution in [0.1, 0.15) is 18.4 Å². The number of aromatic hydroxyl groups is 1. The van der Waals surface area contributed by atoms with E-state index in [0.29, 0.717) is 16.1 Å². The Kier molecular flexibility index (Phi) is 5.07. The van der Waals surface area contributed by atoms with Gasteiger partial charge in [-0.1, -0.05) is 0 Å². The third-order valence-electron chi connectivity index (χ3n) is 3.58. The Morgan fingerprint density at radius 1 is 1.47 bits per heavy atom. The van der Waals surface area contributed by atoms with Crippen molar-refractivity contribution >= 4 is 15.9 Å². The lowest BCUT2D eigenvalue weighted by molar-refractivity contribution is 0.116. The van der Waals surface area contributed by atoms with Gasteiger partial charge in [0.15, 0.2) is 11.5 Å². The Bertz CT molecular complexity index is 439. The second-order valence-corrected chi connectivity index (χ2v) is 5.91. The highest BCUT2D eigenvalue weighted by atomic mass is 79.9. The van der Waals surface area contributed by atoms with Gasteiger partial charge < -0.3 is 14.9 Å². The molecule has 1 saturated heterocycles. The standard InChI is InChI=1S/C14H20BrNO3/c1-19-13-6-11(5-12(15)14(13)18)8-16-4-2-3-10(7-16)9-17/h5-6,10,17-18H,2-4,7-9H2,1H3/t10-/m0/s1. The van der Waals surface area contributed by atoms with Crippen LogP contribution in [0.25, 0.3) is 0 Å². The van der Waals surface area contributed by atoms with Crippen LogP contribution in [-0.4, -0.2) is 41.9 Å². The van der Waals surface area contributed by atoms with Crippen LogP contribution in [0.2, 0.25) is 0 Å². The fourth-order valence-corrected chi connectivity index (χ4v) is 3.07. The number of halogens is 1. The average Bonchev–Trinajstić information content (AvgIpc) is 2.43. The summed E-state index contributed by atoms with van der Waals surface area (Å²) in [6, 6.07) is 3.78. The molecule has 1 fully saturated rings. The van der Waals surface area contributed by atoms with E-state index in [9.17, 15) is 10.2 Å². The van der Waals surface area contributed by atoms with Gasteiger partial charge in [-0.25, -0.2) is 0 Å². The van der Waals surface area contributed by atoms with Crippen molar-refractivity contribution in [2.45, 2.75) is 19.4 Å². The quantitative estimate of drug-likeness (QED) is 0.890. The molecule has 0 radical (unpaired) electrons. The number of likely N-dealkylation sites (tertiary alicyclic amines) is 1. The molecule has 0 bridgehead atoms. The number of hydrogen-bond donors (Lipinski definition) is 2. The number of phenolic OH excluding ortho intramolecular Hbond substituents is 1.